The normalized spacial score (nSPS) is 13.1. The van der Waals surface area contributed by atoms with Crippen LogP contribution in [0.4, 0.5) is 0 Å². The van der Waals surface area contributed by atoms with Crippen molar-refractivity contribution in [3.05, 3.63) is 70.7 Å². The number of ether oxygens (including phenoxy) is 1. The first-order chi connectivity index (χ1) is 11.5. The Morgan fingerprint density at radius 3 is 2.25 bits per heavy atom. The number of carbonyl (C=O) groups is 2. The maximum Gasteiger partial charge on any atom is 0.330 e. The van der Waals surface area contributed by atoms with Crippen LogP contribution in [0.15, 0.2) is 54.6 Å². The monoisotopic (exact) mass is 345 g/mol. The van der Waals surface area contributed by atoms with Crippen LogP contribution >= 0.6 is 11.6 Å². The van der Waals surface area contributed by atoms with Crippen molar-refractivity contribution >= 4 is 23.5 Å². The van der Waals surface area contributed by atoms with E-state index in [2.05, 4.69) is 0 Å². The van der Waals surface area contributed by atoms with Crippen molar-refractivity contribution in [1.29, 1.82) is 0 Å². The molecule has 0 radical (unpaired) electrons. The van der Waals surface area contributed by atoms with E-state index in [0.29, 0.717) is 17.9 Å². The first-order valence-electron chi connectivity index (χ1n) is 7.81. The molecule has 4 nitrogen and oxygen atoms in total. The van der Waals surface area contributed by atoms with Gasteiger partial charge in [0.05, 0.1) is 5.92 Å². The quantitative estimate of drug-likeness (QED) is 0.643. The van der Waals surface area contributed by atoms with Gasteiger partial charge in [-0.1, -0.05) is 61.0 Å². The highest BCUT2D eigenvalue weighted by Crippen LogP contribution is 2.23. The first kappa shape index (κ1) is 18.2. The van der Waals surface area contributed by atoms with Gasteiger partial charge in [0.25, 0.3) is 0 Å². The summed E-state index contributed by atoms with van der Waals surface area (Å²) in [6.45, 7) is 1.86. The Bertz CT molecular complexity index is 686. The SMILES string of the molecule is CCC(C(=O)OC(=O)[C@@H](N)Cc1ccccc1)c1ccc(Cl)cc1. The predicted molar refractivity (Wildman–Crippen MR) is 93.7 cm³/mol. The van der Waals surface area contributed by atoms with Crippen LogP contribution in [0, 0.1) is 0 Å². The highest BCUT2D eigenvalue weighted by Gasteiger charge is 2.25. The lowest BCUT2D eigenvalue weighted by atomic mass is 9.97. The number of esters is 2. The van der Waals surface area contributed by atoms with Crippen LogP contribution in [-0.2, 0) is 20.7 Å². The Balaban J connectivity index is 1.98. The van der Waals surface area contributed by atoms with Gasteiger partial charge in [-0.3, -0.25) is 4.79 Å². The van der Waals surface area contributed by atoms with Gasteiger partial charge in [0.15, 0.2) is 0 Å². The number of benzene rings is 2. The van der Waals surface area contributed by atoms with Crippen molar-refractivity contribution < 1.29 is 14.3 Å². The van der Waals surface area contributed by atoms with E-state index < -0.39 is 23.9 Å². The first-order valence-corrected chi connectivity index (χ1v) is 8.19. The lowest BCUT2D eigenvalue weighted by Crippen LogP contribution is -2.36. The Morgan fingerprint density at radius 2 is 1.67 bits per heavy atom. The molecule has 24 heavy (non-hydrogen) atoms. The molecular weight excluding hydrogens is 326 g/mol. The molecule has 0 bridgehead atoms. The molecule has 1 unspecified atom stereocenters. The summed E-state index contributed by atoms with van der Waals surface area (Å²) in [4.78, 5) is 24.4. The van der Waals surface area contributed by atoms with Crippen molar-refractivity contribution in [3.63, 3.8) is 0 Å². The summed E-state index contributed by atoms with van der Waals surface area (Å²) in [7, 11) is 0. The molecule has 2 rings (SSSR count). The average molecular weight is 346 g/mol. The molecule has 0 fully saturated rings. The number of hydrogen-bond acceptors (Lipinski definition) is 4. The Labute approximate surface area is 146 Å². The van der Waals surface area contributed by atoms with Gasteiger partial charge >= 0.3 is 11.9 Å². The molecule has 0 spiro atoms. The Morgan fingerprint density at radius 1 is 1.04 bits per heavy atom. The van der Waals surface area contributed by atoms with Gasteiger partial charge in [0.1, 0.15) is 6.04 Å². The molecule has 0 aliphatic carbocycles. The van der Waals surface area contributed by atoms with Crippen molar-refractivity contribution in [1.82, 2.24) is 0 Å². The zero-order valence-electron chi connectivity index (χ0n) is 13.4. The van der Waals surface area contributed by atoms with Crippen molar-refractivity contribution in [2.45, 2.75) is 31.7 Å². The number of halogens is 1. The third-order valence-corrected chi connectivity index (χ3v) is 4.02. The Hall–Kier alpha value is -2.17. The van der Waals surface area contributed by atoms with E-state index in [1.165, 1.54) is 0 Å². The van der Waals surface area contributed by atoms with Crippen LogP contribution in [0.5, 0.6) is 0 Å². The number of rotatable bonds is 6. The topological polar surface area (TPSA) is 69.4 Å². The molecule has 0 saturated carbocycles. The lowest BCUT2D eigenvalue weighted by Gasteiger charge is -2.16. The fourth-order valence-electron chi connectivity index (χ4n) is 2.43. The standard InChI is InChI=1S/C19H20ClNO3/c1-2-16(14-8-10-15(20)11-9-14)18(22)24-19(23)17(21)12-13-6-4-3-5-7-13/h3-11,16-17H,2,12,21H2,1H3/t16?,17-/m0/s1. The van der Waals surface area contributed by atoms with Crippen LogP contribution in [0.2, 0.25) is 5.02 Å². The minimum Gasteiger partial charge on any atom is -0.392 e. The largest absolute Gasteiger partial charge is 0.392 e. The fraction of sp³-hybridized carbons (Fsp3) is 0.263. The molecule has 0 amide bonds. The zero-order valence-corrected chi connectivity index (χ0v) is 14.2. The number of nitrogens with two attached hydrogens (primary N) is 1. The maximum atomic E-state index is 12.3. The van der Waals surface area contributed by atoms with Crippen molar-refractivity contribution in [2.75, 3.05) is 0 Å². The molecule has 0 saturated heterocycles. The lowest BCUT2D eigenvalue weighted by molar-refractivity contribution is -0.161. The maximum absolute atomic E-state index is 12.3. The van der Waals surface area contributed by atoms with Gasteiger partial charge in [-0.15, -0.1) is 0 Å². The molecule has 2 atom stereocenters. The molecule has 2 aromatic carbocycles. The molecule has 0 aliphatic heterocycles. The van der Waals surface area contributed by atoms with E-state index >= 15 is 0 Å². The van der Waals surface area contributed by atoms with E-state index in [4.69, 9.17) is 22.1 Å². The van der Waals surface area contributed by atoms with E-state index in [1.807, 2.05) is 37.3 Å². The van der Waals surface area contributed by atoms with Gasteiger partial charge in [0.2, 0.25) is 0 Å². The molecule has 126 valence electrons. The van der Waals surface area contributed by atoms with Gasteiger partial charge in [0, 0.05) is 5.02 Å². The summed E-state index contributed by atoms with van der Waals surface area (Å²) in [5, 5.41) is 0.586. The van der Waals surface area contributed by atoms with Crippen molar-refractivity contribution in [3.8, 4) is 0 Å². The Kier molecular flexibility index (Phi) is 6.53. The van der Waals surface area contributed by atoms with E-state index in [9.17, 15) is 9.59 Å². The molecule has 5 heteroatoms. The minimum absolute atomic E-state index is 0.324. The summed E-state index contributed by atoms with van der Waals surface area (Å²) < 4.78 is 4.99. The van der Waals surface area contributed by atoms with Crippen LogP contribution < -0.4 is 5.73 Å². The van der Waals surface area contributed by atoms with Gasteiger partial charge in [-0.05, 0) is 36.1 Å². The number of carbonyl (C=O) groups excluding carboxylic acids is 2. The van der Waals surface area contributed by atoms with Gasteiger partial charge in [-0.2, -0.15) is 0 Å². The summed E-state index contributed by atoms with van der Waals surface area (Å²) in [6, 6.07) is 15.4. The second-order valence-electron chi connectivity index (χ2n) is 5.55. The van der Waals surface area contributed by atoms with Crippen LogP contribution in [0.3, 0.4) is 0 Å². The molecule has 0 aliphatic rings. The minimum atomic E-state index is -0.876. The van der Waals surface area contributed by atoms with Crippen LogP contribution in [0.1, 0.15) is 30.4 Å². The third kappa shape index (κ3) is 4.91. The third-order valence-electron chi connectivity index (χ3n) is 3.77. The van der Waals surface area contributed by atoms with E-state index in [-0.39, 0.29) is 0 Å². The highest BCUT2D eigenvalue weighted by molar-refractivity contribution is 6.30. The predicted octanol–water partition coefficient (Wildman–Crippen LogP) is 3.47. The molecule has 2 aromatic rings. The van der Waals surface area contributed by atoms with E-state index in [1.54, 1.807) is 24.3 Å². The summed E-state index contributed by atoms with van der Waals surface area (Å²) >= 11 is 5.86. The summed E-state index contributed by atoms with van der Waals surface area (Å²) in [5.74, 6) is -1.82. The van der Waals surface area contributed by atoms with Crippen LogP contribution in [-0.4, -0.2) is 18.0 Å². The molecule has 0 heterocycles. The second-order valence-corrected chi connectivity index (χ2v) is 5.99. The molecule has 0 aromatic heterocycles. The molecule has 2 N–H and O–H groups in total. The number of hydrogen-bond donors (Lipinski definition) is 1. The highest BCUT2D eigenvalue weighted by atomic mass is 35.5. The van der Waals surface area contributed by atoms with Crippen molar-refractivity contribution in [2.24, 2.45) is 5.73 Å². The zero-order chi connectivity index (χ0) is 17.5. The average Bonchev–Trinajstić information content (AvgIpc) is 2.58. The smallest absolute Gasteiger partial charge is 0.330 e. The van der Waals surface area contributed by atoms with Gasteiger partial charge < -0.3 is 10.5 Å². The molecular formula is C19H20ClNO3. The van der Waals surface area contributed by atoms with Gasteiger partial charge in [-0.25, -0.2) is 4.79 Å². The fourth-order valence-corrected chi connectivity index (χ4v) is 2.56. The summed E-state index contributed by atoms with van der Waals surface area (Å²) in [6.07, 6.45) is 0.840. The van der Waals surface area contributed by atoms with E-state index in [0.717, 1.165) is 11.1 Å². The second kappa shape index (κ2) is 8.62. The summed E-state index contributed by atoms with van der Waals surface area (Å²) in [5.41, 5.74) is 7.53. The van der Waals surface area contributed by atoms with Crippen LogP contribution in [0.25, 0.3) is 0 Å².